The van der Waals surface area contributed by atoms with Gasteiger partial charge in [-0.05, 0) is 12.1 Å². The molecule has 1 radical (unpaired) electrons. The number of nitrogens with zero attached hydrogens (tertiary/aromatic N) is 2. The van der Waals surface area contributed by atoms with Gasteiger partial charge in [-0.25, -0.2) is 4.98 Å². The molecule has 2 heterocycles. The van der Waals surface area contributed by atoms with E-state index in [0.717, 1.165) is 11.3 Å². The molecule has 0 amide bonds. The molecule has 65 valence electrons. The molecule has 13 heavy (non-hydrogen) atoms. The van der Waals surface area contributed by atoms with E-state index in [-0.39, 0.29) is 0 Å². The molecule has 1 N–H and O–H groups in total. The normalized spacial score (nSPS) is 9.92. The summed E-state index contributed by atoms with van der Waals surface area (Å²) in [6.45, 7) is 0. The quantitative estimate of drug-likeness (QED) is 0.746. The number of ether oxygens (including phenoxy) is 1. The minimum absolute atomic E-state index is 0.554. The van der Waals surface area contributed by atoms with Crippen LogP contribution in [0.2, 0.25) is 0 Å². The highest BCUT2D eigenvalue weighted by molar-refractivity contribution is 5.56. The monoisotopic (exact) mass is 174 g/mol. The standard InChI is InChI=1S/C9H8N3O/c1-13-9-4-2-3-8(12-9)7-5-10-11-6-7/h3-6H,1H3,(H,10,11). The van der Waals surface area contributed by atoms with Crippen molar-refractivity contribution in [2.45, 2.75) is 0 Å². The summed E-state index contributed by atoms with van der Waals surface area (Å²) in [5.74, 6) is 0.554. The zero-order valence-corrected chi connectivity index (χ0v) is 7.11. The Hall–Kier alpha value is -1.84. The predicted octanol–water partition coefficient (Wildman–Crippen LogP) is 1.28. The van der Waals surface area contributed by atoms with Crippen LogP contribution in [0.4, 0.5) is 0 Å². The molecule has 0 aliphatic rings. The first-order chi connectivity index (χ1) is 6.40. The zero-order valence-electron chi connectivity index (χ0n) is 7.11. The van der Waals surface area contributed by atoms with Gasteiger partial charge in [-0.1, -0.05) is 0 Å². The lowest BCUT2D eigenvalue weighted by Crippen LogP contribution is -1.88. The molecule has 0 aromatic carbocycles. The number of hydrogen-bond acceptors (Lipinski definition) is 3. The molecule has 4 nitrogen and oxygen atoms in total. The summed E-state index contributed by atoms with van der Waals surface area (Å²) < 4.78 is 4.98. The van der Waals surface area contributed by atoms with Crippen molar-refractivity contribution >= 4 is 0 Å². The topological polar surface area (TPSA) is 50.8 Å². The van der Waals surface area contributed by atoms with E-state index in [9.17, 15) is 0 Å². The van der Waals surface area contributed by atoms with Crippen LogP contribution in [0.3, 0.4) is 0 Å². The summed E-state index contributed by atoms with van der Waals surface area (Å²) in [5, 5.41) is 6.56. The van der Waals surface area contributed by atoms with Crippen LogP contribution in [-0.4, -0.2) is 22.3 Å². The minimum atomic E-state index is 0.554. The summed E-state index contributed by atoms with van der Waals surface area (Å²) in [5.41, 5.74) is 1.73. The number of aromatic nitrogens is 3. The van der Waals surface area contributed by atoms with E-state index in [1.54, 1.807) is 31.6 Å². The van der Waals surface area contributed by atoms with E-state index in [0.29, 0.717) is 5.88 Å². The van der Waals surface area contributed by atoms with Crippen molar-refractivity contribution in [3.8, 4) is 17.1 Å². The first kappa shape index (κ1) is 7.79. The van der Waals surface area contributed by atoms with Gasteiger partial charge < -0.3 is 4.74 Å². The molecule has 0 spiro atoms. The van der Waals surface area contributed by atoms with Crippen molar-refractivity contribution in [2.24, 2.45) is 0 Å². The molecule has 2 rings (SSSR count). The number of pyridine rings is 1. The van der Waals surface area contributed by atoms with Crippen molar-refractivity contribution in [1.29, 1.82) is 0 Å². The van der Waals surface area contributed by atoms with E-state index in [2.05, 4.69) is 21.2 Å². The van der Waals surface area contributed by atoms with Gasteiger partial charge in [0.05, 0.1) is 19.0 Å². The van der Waals surface area contributed by atoms with Gasteiger partial charge in [0.25, 0.3) is 0 Å². The minimum Gasteiger partial charge on any atom is -0.481 e. The summed E-state index contributed by atoms with van der Waals surface area (Å²) in [6.07, 6.45) is 3.48. The summed E-state index contributed by atoms with van der Waals surface area (Å²) in [4.78, 5) is 4.22. The number of methoxy groups -OCH3 is 1. The first-order valence-corrected chi connectivity index (χ1v) is 3.81. The van der Waals surface area contributed by atoms with E-state index < -0.39 is 0 Å². The van der Waals surface area contributed by atoms with Gasteiger partial charge in [0.15, 0.2) is 0 Å². The SMILES string of the molecule is COc1c[c]cc(-c2cn[nH]c2)n1. The van der Waals surface area contributed by atoms with Crippen molar-refractivity contribution in [2.75, 3.05) is 7.11 Å². The summed E-state index contributed by atoms with van der Waals surface area (Å²) in [7, 11) is 1.58. The lowest BCUT2D eigenvalue weighted by molar-refractivity contribution is 0.398. The molecule has 4 heteroatoms. The second-order valence-corrected chi connectivity index (χ2v) is 2.48. The third-order valence-electron chi connectivity index (χ3n) is 1.66. The predicted molar refractivity (Wildman–Crippen MR) is 47.2 cm³/mol. The van der Waals surface area contributed by atoms with Gasteiger partial charge in [-0.3, -0.25) is 5.10 Å². The highest BCUT2D eigenvalue weighted by Gasteiger charge is 2.01. The molecule has 0 saturated carbocycles. The maximum atomic E-state index is 4.98. The Morgan fingerprint density at radius 2 is 2.38 bits per heavy atom. The van der Waals surface area contributed by atoms with Crippen LogP contribution in [0, 0.1) is 6.07 Å². The van der Waals surface area contributed by atoms with Gasteiger partial charge >= 0.3 is 0 Å². The summed E-state index contributed by atoms with van der Waals surface area (Å²) >= 11 is 0. The van der Waals surface area contributed by atoms with Gasteiger partial charge in [0, 0.05) is 17.8 Å². The lowest BCUT2D eigenvalue weighted by Gasteiger charge is -1.99. The average molecular weight is 174 g/mol. The maximum Gasteiger partial charge on any atom is 0.214 e. The van der Waals surface area contributed by atoms with Crippen LogP contribution >= 0.6 is 0 Å². The highest BCUT2D eigenvalue weighted by Crippen LogP contribution is 2.17. The van der Waals surface area contributed by atoms with Gasteiger partial charge in [0.1, 0.15) is 0 Å². The van der Waals surface area contributed by atoms with Crippen LogP contribution in [0.15, 0.2) is 24.5 Å². The second-order valence-electron chi connectivity index (χ2n) is 2.48. The molecule has 0 atom stereocenters. The van der Waals surface area contributed by atoms with Gasteiger partial charge in [-0.15, -0.1) is 0 Å². The fraction of sp³-hybridized carbons (Fsp3) is 0.111. The number of nitrogens with one attached hydrogen (secondary N) is 1. The van der Waals surface area contributed by atoms with E-state index in [4.69, 9.17) is 4.74 Å². The summed E-state index contributed by atoms with van der Waals surface area (Å²) in [6, 6.07) is 6.41. The molecule has 0 unspecified atom stereocenters. The molecular weight excluding hydrogens is 166 g/mol. The number of rotatable bonds is 2. The maximum absolute atomic E-state index is 4.98. The highest BCUT2D eigenvalue weighted by atomic mass is 16.5. The third kappa shape index (κ3) is 1.51. The number of H-pyrrole nitrogens is 1. The molecule has 0 aliphatic heterocycles. The van der Waals surface area contributed by atoms with E-state index >= 15 is 0 Å². The smallest absolute Gasteiger partial charge is 0.214 e. The third-order valence-corrected chi connectivity index (χ3v) is 1.66. The molecule has 2 aromatic rings. The average Bonchev–Trinajstić information content (AvgIpc) is 2.71. The van der Waals surface area contributed by atoms with Crippen LogP contribution in [0.25, 0.3) is 11.3 Å². The molecule has 0 bridgehead atoms. The lowest BCUT2D eigenvalue weighted by atomic mass is 10.2. The molecule has 0 fully saturated rings. The van der Waals surface area contributed by atoms with Crippen LogP contribution < -0.4 is 4.74 Å². The Morgan fingerprint density at radius 1 is 1.46 bits per heavy atom. The fourth-order valence-electron chi connectivity index (χ4n) is 1.02. The van der Waals surface area contributed by atoms with Gasteiger partial charge in [0.2, 0.25) is 5.88 Å². The van der Waals surface area contributed by atoms with Crippen molar-refractivity contribution in [3.05, 3.63) is 30.6 Å². The molecule has 0 saturated heterocycles. The Kier molecular flexibility index (Phi) is 1.96. The Labute approximate surface area is 75.6 Å². The molecule has 2 aromatic heterocycles. The fourth-order valence-corrected chi connectivity index (χ4v) is 1.02. The second kappa shape index (κ2) is 3.26. The van der Waals surface area contributed by atoms with Gasteiger partial charge in [-0.2, -0.15) is 5.10 Å². The van der Waals surface area contributed by atoms with Crippen LogP contribution in [0.5, 0.6) is 5.88 Å². The number of aromatic amines is 1. The first-order valence-electron chi connectivity index (χ1n) is 3.81. The molecule has 0 aliphatic carbocycles. The Morgan fingerprint density at radius 3 is 3.08 bits per heavy atom. The Bertz CT molecular complexity index is 384. The van der Waals surface area contributed by atoms with Crippen molar-refractivity contribution in [3.63, 3.8) is 0 Å². The number of hydrogen-bond donors (Lipinski definition) is 1. The van der Waals surface area contributed by atoms with Crippen molar-refractivity contribution < 1.29 is 4.74 Å². The van der Waals surface area contributed by atoms with E-state index in [1.165, 1.54) is 0 Å². The van der Waals surface area contributed by atoms with Crippen LogP contribution in [-0.2, 0) is 0 Å². The van der Waals surface area contributed by atoms with Crippen LogP contribution in [0.1, 0.15) is 0 Å². The van der Waals surface area contributed by atoms with Crippen molar-refractivity contribution in [1.82, 2.24) is 15.2 Å². The Balaban J connectivity index is 2.41. The largest absolute Gasteiger partial charge is 0.481 e. The van der Waals surface area contributed by atoms with E-state index in [1.807, 2.05) is 0 Å². The zero-order chi connectivity index (χ0) is 9.10. The molecular formula is C9H8N3O.